The molecule has 0 aliphatic carbocycles. The first-order valence-corrected chi connectivity index (χ1v) is 11.2. The van der Waals surface area contributed by atoms with Gasteiger partial charge in [-0.3, -0.25) is 9.69 Å². The van der Waals surface area contributed by atoms with Crippen LogP contribution in [0.2, 0.25) is 0 Å². The number of hydrogen-bond donors (Lipinski definition) is 1. The Morgan fingerprint density at radius 1 is 1.13 bits per heavy atom. The van der Waals surface area contributed by atoms with E-state index in [4.69, 9.17) is 4.37 Å². The predicted molar refractivity (Wildman–Crippen MR) is 131 cm³/mol. The van der Waals surface area contributed by atoms with Crippen molar-refractivity contribution in [1.29, 1.82) is 0 Å². The van der Waals surface area contributed by atoms with E-state index in [1.54, 1.807) is 11.5 Å². The van der Waals surface area contributed by atoms with E-state index in [2.05, 4.69) is 64.5 Å². The fourth-order valence-corrected chi connectivity index (χ4v) is 5.25. The summed E-state index contributed by atoms with van der Waals surface area (Å²) in [6.07, 6.45) is 1.64. The van der Waals surface area contributed by atoms with Gasteiger partial charge in [0.05, 0.1) is 4.70 Å². The van der Waals surface area contributed by atoms with Crippen molar-refractivity contribution < 1.29 is 10.3 Å². The third kappa shape index (κ3) is 4.85. The SMILES string of the molecule is C[C@H]1CC(=O)Nc2ccc(CCN3CCN(c4nsc5ccccc45)CC3)cc21.Cl.O. The molecular weight excluding hydrogens is 432 g/mol. The molecule has 6 nitrogen and oxygen atoms in total. The van der Waals surface area contributed by atoms with Gasteiger partial charge in [0.1, 0.15) is 5.82 Å². The second kappa shape index (κ2) is 9.96. The molecule has 0 radical (unpaired) electrons. The number of halogens is 1. The number of anilines is 2. The van der Waals surface area contributed by atoms with Gasteiger partial charge in [-0.15, -0.1) is 12.4 Å². The highest BCUT2D eigenvalue weighted by atomic mass is 35.5. The number of nitrogens with zero attached hydrogens (tertiary/aromatic N) is 3. The van der Waals surface area contributed by atoms with Crippen LogP contribution >= 0.6 is 23.9 Å². The number of carbonyl (C=O) groups excluding carboxylic acids is 1. The standard InChI is InChI=1S/C23H26N4OS.ClH.H2O/c1-16-14-22(28)24-20-7-6-17(15-19(16)20)8-9-26-10-12-27(13-11-26)23-18-4-2-3-5-21(18)29-25-23;;/h2-7,15-16H,8-14H2,1H3,(H,24,28);1H;1H2/t16-;;/m0../s1. The number of benzene rings is 2. The van der Waals surface area contributed by atoms with E-state index in [0.717, 1.165) is 50.6 Å². The molecule has 1 saturated heterocycles. The van der Waals surface area contributed by atoms with Crippen LogP contribution in [-0.2, 0) is 11.2 Å². The fraction of sp³-hybridized carbons (Fsp3) is 0.391. The predicted octanol–water partition coefficient (Wildman–Crippen LogP) is 3.70. The molecule has 0 spiro atoms. The van der Waals surface area contributed by atoms with Gasteiger partial charge in [-0.2, -0.15) is 4.37 Å². The Kier molecular flexibility index (Phi) is 7.54. The molecular formula is C23H29ClN4O2S. The van der Waals surface area contributed by atoms with Crippen molar-refractivity contribution >= 4 is 51.4 Å². The minimum absolute atomic E-state index is 0. The molecule has 31 heavy (non-hydrogen) atoms. The molecule has 3 heterocycles. The molecule has 2 aliphatic rings. The number of piperazine rings is 1. The summed E-state index contributed by atoms with van der Waals surface area (Å²) in [6, 6.07) is 15.0. The summed E-state index contributed by atoms with van der Waals surface area (Å²) in [5, 5.41) is 4.27. The van der Waals surface area contributed by atoms with Gasteiger partial charge in [-0.1, -0.05) is 31.2 Å². The zero-order valence-electron chi connectivity index (χ0n) is 17.6. The van der Waals surface area contributed by atoms with Crippen molar-refractivity contribution in [2.24, 2.45) is 0 Å². The maximum Gasteiger partial charge on any atom is 0.224 e. The Balaban J connectivity index is 0.00000136. The summed E-state index contributed by atoms with van der Waals surface area (Å²) in [6.45, 7) is 7.42. The number of amides is 1. The summed E-state index contributed by atoms with van der Waals surface area (Å²) < 4.78 is 5.98. The van der Waals surface area contributed by atoms with Crippen LogP contribution in [0, 0.1) is 0 Å². The molecule has 2 aromatic carbocycles. The zero-order valence-corrected chi connectivity index (χ0v) is 19.3. The van der Waals surface area contributed by atoms with Crippen molar-refractivity contribution in [2.75, 3.05) is 42.9 Å². The summed E-state index contributed by atoms with van der Waals surface area (Å²) >= 11 is 1.60. The molecule has 166 valence electrons. The molecule has 0 saturated carbocycles. The second-order valence-electron chi connectivity index (χ2n) is 8.16. The lowest BCUT2D eigenvalue weighted by Gasteiger charge is -2.35. The number of rotatable bonds is 4. The Bertz CT molecular complexity index is 1050. The number of carbonyl (C=O) groups is 1. The maximum absolute atomic E-state index is 11.7. The van der Waals surface area contributed by atoms with E-state index in [-0.39, 0.29) is 23.8 Å². The molecule has 3 N–H and O–H groups in total. The maximum atomic E-state index is 11.7. The molecule has 1 amide bonds. The number of fused-ring (bicyclic) bond motifs is 2. The van der Waals surface area contributed by atoms with Gasteiger partial charge in [-0.05, 0) is 53.2 Å². The molecule has 1 aromatic heterocycles. The summed E-state index contributed by atoms with van der Waals surface area (Å²) in [7, 11) is 0. The summed E-state index contributed by atoms with van der Waals surface area (Å²) in [5.41, 5.74) is 3.63. The highest BCUT2D eigenvalue weighted by Crippen LogP contribution is 2.33. The third-order valence-corrected chi connectivity index (χ3v) is 6.98. The van der Waals surface area contributed by atoms with E-state index in [0.29, 0.717) is 12.3 Å². The lowest BCUT2D eigenvalue weighted by Crippen LogP contribution is -2.47. The number of aromatic nitrogens is 1. The van der Waals surface area contributed by atoms with Gasteiger partial charge in [0.2, 0.25) is 5.91 Å². The largest absolute Gasteiger partial charge is 0.412 e. The second-order valence-corrected chi connectivity index (χ2v) is 8.96. The van der Waals surface area contributed by atoms with Crippen LogP contribution in [0.15, 0.2) is 42.5 Å². The van der Waals surface area contributed by atoms with E-state index in [9.17, 15) is 4.79 Å². The Labute approximate surface area is 193 Å². The Morgan fingerprint density at radius 3 is 2.71 bits per heavy atom. The lowest BCUT2D eigenvalue weighted by molar-refractivity contribution is -0.116. The van der Waals surface area contributed by atoms with Crippen molar-refractivity contribution in [3.63, 3.8) is 0 Å². The van der Waals surface area contributed by atoms with Crippen LogP contribution in [0.5, 0.6) is 0 Å². The molecule has 8 heteroatoms. The topological polar surface area (TPSA) is 80.0 Å². The highest BCUT2D eigenvalue weighted by Gasteiger charge is 2.23. The molecule has 2 aliphatic heterocycles. The van der Waals surface area contributed by atoms with E-state index < -0.39 is 0 Å². The highest BCUT2D eigenvalue weighted by molar-refractivity contribution is 7.13. The average Bonchev–Trinajstić information content (AvgIpc) is 3.17. The summed E-state index contributed by atoms with van der Waals surface area (Å²) in [5.74, 6) is 1.58. The van der Waals surface area contributed by atoms with E-state index in [1.807, 2.05) is 0 Å². The quantitative estimate of drug-likeness (QED) is 0.643. The van der Waals surface area contributed by atoms with Crippen molar-refractivity contribution in [3.8, 4) is 0 Å². The lowest BCUT2D eigenvalue weighted by atomic mass is 9.90. The average molecular weight is 461 g/mol. The fourth-order valence-electron chi connectivity index (χ4n) is 4.45. The number of nitrogens with one attached hydrogen (secondary N) is 1. The smallest absolute Gasteiger partial charge is 0.224 e. The van der Waals surface area contributed by atoms with Crippen LogP contribution in [0.3, 0.4) is 0 Å². The molecule has 5 rings (SSSR count). The van der Waals surface area contributed by atoms with Crippen LogP contribution in [0.25, 0.3) is 10.1 Å². The molecule has 0 unspecified atom stereocenters. The molecule has 0 bridgehead atoms. The monoisotopic (exact) mass is 460 g/mol. The van der Waals surface area contributed by atoms with Gasteiger partial charge in [0.25, 0.3) is 0 Å². The van der Waals surface area contributed by atoms with Crippen molar-refractivity contribution in [3.05, 3.63) is 53.6 Å². The van der Waals surface area contributed by atoms with Crippen LogP contribution in [-0.4, -0.2) is 53.4 Å². The van der Waals surface area contributed by atoms with Gasteiger partial charge >= 0.3 is 0 Å². The van der Waals surface area contributed by atoms with Gasteiger partial charge in [0.15, 0.2) is 0 Å². The third-order valence-electron chi connectivity index (χ3n) is 6.16. The van der Waals surface area contributed by atoms with E-state index in [1.165, 1.54) is 21.2 Å². The minimum Gasteiger partial charge on any atom is -0.412 e. The van der Waals surface area contributed by atoms with Crippen molar-refractivity contribution in [2.45, 2.75) is 25.7 Å². The molecule has 3 aromatic rings. The van der Waals surface area contributed by atoms with E-state index >= 15 is 0 Å². The molecule has 1 fully saturated rings. The van der Waals surface area contributed by atoms with Crippen LogP contribution in [0.4, 0.5) is 11.5 Å². The Morgan fingerprint density at radius 2 is 1.90 bits per heavy atom. The van der Waals surface area contributed by atoms with Gasteiger partial charge in [-0.25, -0.2) is 0 Å². The van der Waals surface area contributed by atoms with Crippen LogP contribution < -0.4 is 10.2 Å². The first-order chi connectivity index (χ1) is 14.2. The minimum atomic E-state index is 0. The van der Waals surface area contributed by atoms with Gasteiger partial charge < -0.3 is 15.7 Å². The summed E-state index contributed by atoms with van der Waals surface area (Å²) in [4.78, 5) is 16.7. The Hall–Kier alpha value is -2.19. The molecule has 1 atom stereocenters. The number of hydrogen-bond acceptors (Lipinski definition) is 5. The first-order valence-electron chi connectivity index (χ1n) is 10.4. The normalized spacial score (nSPS) is 18.7. The van der Waals surface area contributed by atoms with Crippen LogP contribution in [0.1, 0.15) is 30.4 Å². The zero-order chi connectivity index (χ0) is 19.8. The van der Waals surface area contributed by atoms with Gasteiger partial charge in [0, 0.05) is 50.2 Å². The van der Waals surface area contributed by atoms with Crippen molar-refractivity contribution in [1.82, 2.24) is 9.27 Å². The first kappa shape index (κ1) is 23.5.